The topological polar surface area (TPSA) is 67.5 Å². The van der Waals surface area contributed by atoms with Gasteiger partial charge in [0.25, 0.3) is 5.91 Å². The van der Waals surface area contributed by atoms with Crippen LogP contribution in [0.2, 0.25) is 0 Å². The third kappa shape index (κ3) is 1.13. The molecular weight excluding hydrogens is 246 g/mol. The number of anilines is 1. The lowest BCUT2D eigenvalue weighted by Crippen LogP contribution is -2.16. The molecule has 1 heterocycles. The van der Waals surface area contributed by atoms with Gasteiger partial charge in [-0.2, -0.15) is 5.10 Å². The van der Waals surface area contributed by atoms with Crippen molar-refractivity contribution in [2.24, 2.45) is 10.9 Å². The van der Waals surface area contributed by atoms with Crippen LogP contribution in [0, 0.1) is 6.92 Å². The predicted octanol–water partition coefficient (Wildman–Crippen LogP) is 1.37. The van der Waals surface area contributed by atoms with E-state index in [1.54, 1.807) is 0 Å². The van der Waals surface area contributed by atoms with E-state index in [0.29, 0.717) is 0 Å². The minimum atomic E-state index is -0.256. The van der Waals surface area contributed by atoms with Crippen LogP contribution in [0.5, 0.6) is 0 Å². The Hall–Kier alpha value is -1.36. The van der Waals surface area contributed by atoms with Gasteiger partial charge >= 0.3 is 0 Å². The Balaban J connectivity index is 2.73. The van der Waals surface area contributed by atoms with Gasteiger partial charge in [-0.15, -0.1) is 0 Å². The molecule has 0 aliphatic carbocycles. The number of amides is 1. The SMILES string of the molecule is Cc1ccc2c(c1Br)/C(=N\N)C(=O)N2. The van der Waals surface area contributed by atoms with Gasteiger partial charge in [0.1, 0.15) is 0 Å². The Morgan fingerprint density at radius 1 is 1.50 bits per heavy atom. The van der Waals surface area contributed by atoms with Crippen LogP contribution in [0.4, 0.5) is 5.69 Å². The monoisotopic (exact) mass is 253 g/mol. The van der Waals surface area contributed by atoms with Gasteiger partial charge in [-0.25, -0.2) is 0 Å². The highest BCUT2D eigenvalue weighted by Crippen LogP contribution is 2.32. The minimum Gasteiger partial charge on any atom is -0.322 e. The van der Waals surface area contributed by atoms with E-state index in [0.717, 1.165) is 21.3 Å². The maximum Gasteiger partial charge on any atom is 0.276 e. The average Bonchev–Trinajstić information content (AvgIpc) is 2.48. The first kappa shape index (κ1) is 9.21. The summed E-state index contributed by atoms with van der Waals surface area (Å²) in [5.74, 6) is 4.91. The van der Waals surface area contributed by atoms with Crippen molar-refractivity contribution in [3.63, 3.8) is 0 Å². The molecule has 0 radical (unpaired) electrons. The molecule has 0 bridgehead atoms. The van der Waals surface area contributed by atoms with Gasteiger partial charge in [0, 0.05) is 10.0 Å². The van der Waals surface area contributed by atoms with E-state index in [2.05, 4.69) is 26.3 Å². The largest absolute Gasteiger partial charge is 0.322 e. The smallest absolute Gasteiger partial charge is 0.276 e. The molecule has 0 saturated heterocycles. The van der Waals surface area contributed by atoms with E-state index < -0.39 is 0 Å². The number of benzene rings is 1. The Morgan fingerprint density at radius 3 is 2.86 bits per heavy atom. The number of fused-ring (bicyclic) bond motifs is 1. The number of hydrazone groups is 1. The lowest BCUT2D eigenvalue weighted by atomic mass is 10.1. The van der Waals surface area contributed by atoms with Gasteiger partial charge in [-0.3, -0.25) is 4.79 Å². The Labute approximate surface area is 89.3 Å². The number of halogens is 1. The maximum atomic E-state index is 11.4. The Morgan fingerprint density at radius 2 is 2.21 bits per heavy atom. The molecule has 1 aromatic carbocycles. The molecular formula is C9H8BrN3O. The molecule has 0 fully saturated rings. The van der Waals surface area contributed by atoms with Crippen LogP contribution in [-0.2, 0) is 4.79 Å². The Kier molecular flexibility index (Phi) is 2.03. The number of carbonyl (C=O) groups excluding carboxylic acids is 1. The summed E-state index contributed by atoms with van der Waals surface area (Å²) in [4.78, 5) is 11.4. The van der Waals surface area contributed by atoms with Crippen molar-refractivity contribution in [1.29, 1.82) is 0 Å². The van der Waals surface area contributed by atoms with Crippen molar-refractivity contribution in [2.45, 2.75) is 6.92 Å². The van der Waals surface area contributed by atoms with E-state index in [1.165, 1.54) is 0 Å². The molecule has 0 atom stereocenters. The van der Waals surface area contributed by atoms with E-state index in [9.17, 15) is 4.79 Å². The fraction of sp³-hybridized carbons (Fsp3) is 0.111. The van der Waals surface area contributed by atoms with Crippen molar-refractivity contribution in [3.05, 3.63) is 27.7 Å². The second-order valence-electron chi connectivity index (χ2n) is 3.05. The van der Waals surface area contributed by atoms with Crippen molar-refractivity contribution < 1.29 is 4.79 Å². The molecule has 0 unspecified atom stereocenters. The first-order valence-corrected chi connectivity index (χ1v) is 4.83. The summed E-state index contributed by atoms with van der Waals surface area (Å²) in [5, 5.41) is 6.17. The highest BCUT2D eigenvalue weighted by molar-refractivity contribution is 9.10. The highest BCUT2D eigenvalue weighted by Gasteiger charge is 2.28. The van der Waals surface area contributed by atoms with Crippen LogP contribution in [0.1, 0.15) is 11.1 Å². The molecule has 72 valence electrons. The average molecular weight is 254 g/mol. The molecule has 1 amide bonds. The number of hydrogen-bond donors (Lipinski definition) is 2. The summed E-state index contributed by atoms with van der Waals surface area (Å²) in [5.41, 5.74) is 2.81. The number of nitrogens with one attached hydrogen (secondary N) is 1. The summed E-state index contributed by atoms with van der Waals surface area (Å²) in [7, 11) is 0. The van der Waals surface area contributed by atoms with Gasteiger partial charge in [0.15, 0.2) is 5.71 Å². The number of rotatable bonds is 0. The summed E-state index contributed by atoms with van der Waals surface area (Å²) in [6.07, 6.45) is 0. The second kappa shape index (κ2) is 3.09. The number of nitrogens with two attached hydrogens (primary N) is 1. The summed E-state index contributed by atoms with van der Waals surface area (Å²) >= 11 is 3.41. The van der Waals surface area contributed by atoms with Gasteiger partial charge in [-0.05, 0) is 34.5 Å². The molecule has 14 heavy (non-hydrogen) atoms. The van der Waals surface area contributed by atoms with Crippen LogP contribution >= 0.6 is 15.9 Å². The number of nitrogens with zero attached hydrogens (tertiary/aromatic N) is 1. The first-order chi connectivity index (χ1) is 6.65. The Bertz CT molecular complexity index is 454. The lowest BCUT2D eigenvalue weighted by Gasteiger charge is -2.03. The molecule has 3 N–H and O–H groups in total. The summed E-state index contributed by atoms with van der Waals surface area (Å²) in [6.45, 7) is 1.95. The second-order valence-corrected chi connectivity index (χ2v) is 3.84. The molecule has 5 heteroatoms. The van der Waals surface area contributed by atoms with E-state index in [-0.39, 0.29) is 11.6 Å². The molecule has 4 nitrogen and oxygen atoms in total. The van der Waals surface area contributed by atoms with E-state index >= 15 is 0 Å². The van der Waals surface area contributed by atoms with E-state index in [4.69, 9.17) is 5.84 Å². The van der Waals surface area contributed by atoms with Crippen molar-refractivity contribution in [1.82, 2.24) is 0 Å². The van der Waals surface area contributed by atoms with Crippen LogP contribution < -0.4 is 11.2 Å². The summed E-state index contributed by atoms with van der Waals surface area (Å²) < 4.78 is 0.859. The molecule has 0 saturated carbocycles. The van der Waals surface area contributed by atoms with Crippen LogP contribution in [0.15, 0.2) is 21.7 Å². The van der Waals surface area contributed by atoms with Crippen LogP contribution in [0.3, 0.4) is 0 Å². The minimum absolute atomic E-state index is 0.256. The molecule has 1 aromatic rings. The predicted molar refractivity (Wildman–Crippen MR) is 58.2 cm³/mol. The van der Waals surface area contributed by atoms with Crippen LogP contribution in [0.25, 0.3) is 0 Å². The van der Waals surface area contributed by atoms with Gasteiger partial charge in [0.2, 0.25) is 0 Å². The molecule has 1 aliphatic rings. The number of hydrogen-bond acceptors (Lipinski definition) is 3. The fourth-order valence-electron chi connectivity index (χ4n) is 1.43. The van der Waals surface area contributed by atoms with Gasteiger partial charge in [-0.1, -0.05) is 6.07 Å². The molecule has 2 rings (SSSR count). The quantitative estimate of drug-likeness (QED) is 0.542. The summed E-state index contributed by atoms with van der Waals surface area (Å²) in [6, 6.07) is 3.76. The van der Waals surface area contributed by atoms with E-state index in [1.807, 2.05) is 19.1 Å². The zero-order chi connectivity index (χ0) is 10.3. The van der Waals surface area contributed by atoms with Crippen molar-refractivity contribution in [3.8, 4) is 0 Å². The zero-order valence-electron chi connectivity index (χ0n) is 7.47. The maximum absolute atomic E-state index is 11.4. The third-order valence-electron chi connectivity index (χ3n) is 2.16. The number of aryl methyl sites for hydroxylation is 1. The van der Waals surface area contributed by atoms with Crippen molar-refractivity contribution >= 4 is 33.2 Å². The lowest BCUT2D eigenvalue weighted by molar-refractivity contribution is -0.110. The standard InChI is InChI=1S/C9H8BrN3O/c1-4-2-3-5-6(7(4)10)8(13-11)9(14)12-5/h2-3H,11H2,1H3,(H,12,13,14). The normalized spacial score (nSPS) is 17.0. The van der Waals surface area contributed by atoms with Crippen LogP contribution in [-0.4, -0.2) is 11.6 Å². The molecule has 0 spiro atoms. The third-order valence-corrected chi connectivity index (χ3v) is 3.19. The fourth-order valence-corrected chi connectivity index (χ4v) is 1.97. The number of carbonyl (C=O) groups is 1. The van der Waals surface area contributed by atoms with Crippen molar-refractivity contribution in [2.75, 3.05) is 5.32 Å². The zero-order valence-corrected chi connectivity index (χ0v) is 9.05. The molecule has 0 aromatic heterocycles. The van der Waals surface area contributed by atoms with Gasteiger partial charge in [0.05, 0.1) is 5.69 Å². The van der Waals surface area contributed by atoms with Gasteiger partial charge < -0.3 is 11.2 Å². The molecule has 1 aliphatic heterocycles. The highest BCUT2D eigenvalue weighted by atomic mass is 79.9. The first-order valence-electron chi connectivity index (χ1n) is 4.04.